The molecule has 0 aromatic heterocycles. The molecule has 6 heteroatoms. The van der Waals surface area contributed by atoms with Gasteiger partial charge in [0.25, 0.3) is 5.69 Å². The zero-order chi connectivity index (χ0) is 13.3. The Kier molecular flexibility index (Phi) is 2.94. The minimum Gasteiger partial charge on any atom is -0.283 e. The Bertz CT molecular complexity index is 488. The number of hydrazine groups is 1. The van der Waals surface area contributed by atoms with Crippen LogP contribution in [0, 0.1) is 15.5 Å². The second kappa shape index (κ2) is 4.29. The van der Waals surface area contributed by atoms with Crippen molar-refractivity contribution in [1.29, 1.82) is 0 Å². The maximum atomic E-state index is 10.6. The number of nitro benzene ring substituents is 1. The van der Waals surface area contributed by atoms with Crippen LogP contribution in [0.1, 0.15) is 20.8 Å². The molecule has 2 rings (SSSR count). The van der Waals surface area contributed by atoms with Crippen molar-refractivity contribution in [2.24, 2.45) is 10.4 Å². The van der Waals surface area contributed by atoms with E-state index in [1.54, 1.807) is 12.1 Å². The van der Waals surface area contributed by atoms with Crippen molar-refractivity contribution in [3.63, 3.8) is 0 Å². The molecule has 0 bridgehead atoms. The molecule has 1 aliphatic rings. The summed E-state index contributed by atoms with van der Waals surface area (Å²) in [7, 11) is 0. The van der Waals surface area contributed by atoms with E-state index >= 15 is 0 Å². The lowest BCUT2D eigenvalue weighted by molar-refractivity contribution is -0.384. The molecule has 0 aliphatic carbocycles. The van der Waals surface area contributed by atoms with Gasteiger partial charge < -0.3 is 0 Å². The van der Waals surface area contributed by atoms with Gasteiger partial charge in [-0.15, -0.1) is 0 Å². The van der Waals surface area contributed by atoms with Crippen LogP contribution in [0.15, 0.2) is 29.3 Å². The first kappa shape index (κ1) is 12.3. The van der Waals surface area contributed by atoms with Gasteiger partial charge in [0.05, 0.1) is 10.6 Å². The molecule has 0 fully saturated rings. The third-order valence-corrected chi connectivity index (χ3v) is 2.69. The molecule has 18 heavy (non-hydrogen) atoms. The lowest BCUT2D eigenvalue weighted by atomic mass is 9.95. The number of nitrogens with one attached hydrogen (secondary N) is 1. The van der Waals surface area contributed by atoms with Crippen LogP contribution in [0.3, 0.4) is 0 Å². The highest BCUT2D eigenvalue weighted by Gasteiger charge is 2.25. The molecule has 1 aromatic rings. The van der Waals surface area contributed by atoms with Crippen LogP contribution < -0.4 is 10.4 Å². The van der Waals surface area contributed by atoms with Crippen LogP contribution >= 0.6 is 0 Å². The fraction of sp³-hybridized carbons (Fsp3) is 0.417. The molecular weight excluding hydrogens is 232 g/mol. The first-order valence-electron chi connectivity index (χ1n) is 5.71. The molecule has 1 aliphatic heterocycles. The summed E-state index contributed by atoms with van der Waals surface area (Å²) in [6.07, 6.45) is 0. The number of aliphatic imine (C=N–C) groups is 1. The van der Waals surface area contributed by atoms with E-state index in [-0.39, 0.29) is 11.1 Å². The van der Waals surface area contributed by atoms with Crippen LogP contribution in [0.5, 0.6) is 0 Å². The smallest absolute Gasteiger partial charge is 0.269 e. The number of nitrogens with zero attached hydrogens (tertiary/aromatic N) is 3. The van der Waals surface area contributed by atoms with Gasteiger partial charge in [-0.1, -0.05) is 20.8 Å². The quantitative estimate of drug-likeness (QED) is 0.644. The van der Waals surface area contributed by atoms with Crippen molar-refractivity contribution in [2.75, 3.05) is 11.7 Å². The molecular formula is C12H16N4O2. The van der Waals surface area contributed by atoms with E-state index in [1.807, 2.05) is 5.01 Å². The fourth-order valence-corrected chi connectivity index (χ4v) is 1.65. The van der Waals surface area contributed by atoms with Crippen LogP contribution in [-0.2, 0) is 0 Å². The van der Waals surface area contributed by atoms with E-state index in [9.17, 15) is 10.1 Å². The molecule has 6 nitrogen and oxygen atoms in total. The molecule has 0 amide bonds. The van der Waals surface area contributed by atoms with Crippen LogP contribution in [0.25, 0.3) is 0 Å². The summed E-state index contributed by atoms with van der Waals surface area (Å²) in [4.78, 5) is 14.6. The minimum absolute atomic E-state index is 0.0322. The van der Waals surface area contributed by atoms with E-state index in [0.717, 1.165) is 11.5 Å². The van der Waals surface area contributed by atoms with E-state index < -0.39 is 4.92 Å². The normalized spacial score (nSPS) is 15.3. The summed E-state index contributed by atoms with van der Waals surface area (Å²) in [6, 6.07) is 6.41. The SMILES string of the molecule is CC(C)(C)C1=NCN(c2ccc([N+](=O)[O-])cc2)N1. The van der Waals surface area contributed by atoms with Gasteiger partial charge in [0, 0.05) is 17.5 Å². The summed E-state index contributed by atoms with van der Waals surface area (Å²) in [5.41, 5.74) is 4.13. The average Bonchev–Trinajstić information content (AvgIpc) is 2.78. The number of hydrogen-bond donors (Lipinski definition) is 1. The van der Waals surface area contributed by atoms with Crippen LogP contribution in [-0.4, -0.2) is 17.4 Å². The first-order valence-corrected chi connectivity index (χ1v) is 5.71. The van der Waals surface area contributed by atoms with Gasteiger partial charge in [0.2, 0.25) is 0 Å². The molecule has 0 saturated heterocycles. The number of nitro groups is 1. The molecule has 0 spiro atoms. The van der Waals surface area contributed by atoms with Crippen molar-refractivity contribution in [1.82, 2.24) is 5.43 Å². The monoisotopic (exact) mass is 248 g/mol. The highest BCUT2D eigenvalue weighted by Crippen LogP contribution is 2.23. The molecule has 0 radical (unpaired) electrons. The lowest BCUT2D eigenvalue weighted by Gasteiger charge is -2.23. The predicted molar refractivity (Wildman–Crippen MR) is 70.5 cm³/mol. The van der Waals surface area contributed by atoms with Crippen LogP contribution in [0.2, 0.25) is 0 Å². The summed E-state index contributed by atoms with van der Waals surface area (Å²) in [5, 5.41) is 12.4. The van der Waals surface area contributed by atoms with Gasteiger partial charge in [0.15, 0.2) is 0 Å². The average molecular weight is 248 g/mol. The Morgan fingerprint density at radius 1 is 1.33 bits per heavy atom. The zero-order valence-electron chi connectivity index (χ0n) is 10.7. The highest BCUT2D eigenvalue weighted by molar-refractivity contribution is 5.90. The molecule has 1 aromatic carbocycles. The summed E-state index contributed by atoms with van der Waals surface area (Å²) in [6.45, 7) is 6.76. The number of non-ortho nitro benzene ring substituents is 1. The summed E-state index contributed by atoms with van der Waals surface area (Å²) >= 11 is 0. The van der Waals surface area contributed by atoms with Gasteiger partial charge in [-0.3, -0.25) is 20.5 Å². The van der Waals surface area contributed by atoms with Gasteiger partial charge >= 0.3 is 0 Å². The number of rotatable bonds is 2. The lowest BCUT2D eigenvalue weighted by Crippen LogP contribution is -2.41. The third kappa shape index (κ3) is 2.42. The van der Waals surface area contributed by atoms with Gasteiger partial charge in [0.1, 0.15) is 12.5 Å². The molecule has 1 N–H and O–H groups in total. The predicted octanol–water partition coefficient (Wildman–Crippen LogP) is 2.32. The molecule has 0 unspecified atom stereocenters. The second-order valence-electron chi connectivity index (χ2n) is 5.21. The minimum atomic E-state index is -0.404. The Labute approximate surface area is 105 Å². The van der Waals surface area contributed by atoms with E-state index in [2.05, 4.69) is 31.2 Å². The molecule has 1 heterocycles. The Morgan fingerprint density at radius 3 is 2.39 bits per heavy atom. The van der Waals surface area contributed by atoms with Crippen LogP contribution in [0.4, 0.5) is 11.4 Å². The largest absolute Gasteiger partial charge is 0.283 e. The first-order chi connectivity index (χ1) is 8.38. The summed E-state index contributed by atoms with van der Waals surface area (Å²) < 4.78 is 0. The molecule has 0 saturated carbocycles. The number of anilines is 1. The van der Waals surface area contributed by atoms with Crippen molar-refractivity contribution < 1.29 is 4.92 Å². The number of amidine groups is 1. The molecule has 96 valence electrons. The van der Waals surface area contributed by atoms with Crippen molar-refractivity contribution >= 4 is 17.2 Å². The standard InChI is InChI=1S/C12H16N4O2/c1-12(2,3)11-13-8-15(14-11)9-4-6-10(7-5-9)16(17)18/h4-7H,8H2,1-3H3,(H,13,14). The number of hydrogen-bond acceptors (Lipinski definition) is 5. The molecule has 0 atom stereocenters. The van der Waals surface area contributed by atoms with Crippen molar-refractivity contribution in [2.45, 2.75) is 20.8 Å². The maximum absolute atomic E-state index is 10.6. The van der Waals surface area contributed by atoms with Crippen molar-refractivity contribution in [3.05, 3.63) is 34.4 Å². The summed E-state index contributed by atoms with van der Waals surface area (Å²) in [5.74, 6) is 0.917. The Balaban J connectivity index is 2.10. The van der Waals surface area contributed by atoms with Gasteiger partial charge in [-0.25, -0.2) is 4.99 Å². The second-order valence-corrected chi connectivity index (χ2v) is 5.21. The Morgan fingerprint density at radius 2 is 1.94 bits per heavy atom. The van der Waals surface area contributed by atoms with Gasteiger partial charge in [-0.05, 0) is 12.1 Å². The topological polar surface area (TPSA) is 70.8 Å². The van der Waals surface area contributed by atoms with Gasteiger partial charge in [-0.2, -0.15) is 0 Å². The zero-order valence-corrected chi connectivity index (χ0v) is 10.7. The van der Waals surface area contributed by atoms with E-state index in [4.69, 9.17) is 0 Å². The Hall–Kier alpha value is -2.11. The van der Waals surface area contributed by atoms with E-state index in [0.29, 0.717) is 6.67 Å². The van der Waals surface area contributed by atoms with Crippen molar-refractivity contribution in [3.8, 4) is 0 Å². The number of benzene rings is 1. The van der Waals surface area contributed by atoms with E-state index in [1.165, 1.54) is 12.1 Å². The fourth-order valence-electron chi connectivity index (χ4n) is 1.65. The third-order valence-electron chi connectivity index (χ3n) is 2.69. The highest BCUT2D eigenvalue weighted by atomic mass is 16.6. The maximum Gasteiger partial charge on any atom is 0.269 e.